The Morgan fingerprint density at radius 3 is 2.29 bits per heavy atom. The number of phenols is 1. The van der Waals surface area contributed by atoms with E-state index >= 15 is 0 Å². The van der Waals surface area contributed by atoms with Crippen molar-refractivity contribution >= 4 is 52.5 Å². The highest BCUT2D eigenvalue weighted by atomic mass is 35.5. The zero-order valence-electron chi connectivity index (χ0n) is 22.0. The van der Waals surface area contributed by atoms with Crippen LogP contribution in [-0.4, -0.2) is 39.0 Å². The Hall–Kier alpha value is -3.98. The van der Waals surface area contributed by atoms with Crippen molar-refractivity contribution in [3.8, 4) is 5.75 Å². The fourth-order valence-electron chi connectivity index (χ4n) is 7.83. The summed E-state index contributed by atoms with van der Waals surface area (Å²) in [5, 5.41) is 22.4. The summed E-state index contributed by atoms with van der Waals surface area (Å²) in [5.41, 5.74) is 0.334. The summed E-state index contributed by atoms with van der Waals surface area (Å²) in [6.07, 6.45) is 2.07. The first kappa shape index (κ1) is 26.9. The van der Waals surface area contributed by atoms with Crippen molar-refractivity contribution in [2.75, 3.05) is 4.90 Å². The maximum Gasteiger partial charge on any atom is 0.257 e. The van der Waals surface area contributed by atoms with Crippen LogP contribution in [0.25, 0.3) is 0 Å². The average Bonchev–Trinajstić information content (AvgIpc) is 3.35. The number of hydrogen-bond donors (Lipinski definition) is 2. The third-order valence-corrected chi connectivity index (χ3v) is 9.91. The summed E-state index contributed by atoms with van der Waals surface area (Å²) >= 11 is 12.7. The summed E-state index contributed by atoms with van der Waals surface area (Å²) < 4.78 is 0. The van der Waals surface area contributed by atoms with Crippen molar-refractivity contribution < 1.29 is 29.5 Å². The summed E-state index contributed by atoms with van der Waals surface area (Å²) in [5.74, 6) is -6.76. The van der Waals surface area contributed by atoms with Crippen molar-refractivity contribution in [3.63, 3.8) is 0 Å². The van der Waals surface area contributed by atoms with Gasteiger partial charge < -0.3 is 5.11 Å². The number of aromatic hydroxyl groups is 1. The maximum absolute atomic E-state index is 15.0. The molecular weight excluding hydrogens is 579 g/mol. The van der Waals surface area contributed by atoms with Gasteiger partial charge in [-0.1, -0.05) is 71.2 Å². The summed E-state index contributed by atoms with van der Waals surface area (Å²) in [7, 11) is 0. The van der Waals surface area contributed by atoms with E-state index in [1.165, 1.54) is 12.1 Å². The van der Waals surface area contributed by atoms with E-state index in [4.69, 9.17) is 23.2 Å². The van der Waals surface area contributed by atoms with E-state index in [0.717, 1.165) is 4.90 Å². The quantitative estimate of drug-likeness (QED) is 0.240. The van der Waals surface area contributed by atoms with E-state index in [2.05, 4.69) is 0 Å². The first-order chi connectivity index (χ1) is 20.2. The number of phenolic OH excluding ortho intramolecular Hbond substituents is 1. The van der Waals surface area contributed by atoms with Crippen LogP contribution in [0.15, 0.2) is 84.4 Å². The van der Waals surface area contributed by atoms with Gasteiger partial charge >= 0.3 is 0 Å². The molecule has 1 saturated carbocycles. The number of amides is 4. The molecule has 6 atom stereocenters. The monoisotopic (exact) mass is 602 g/mol. The topological polar surface area (TPSA) is 115 Å². The molecule has 42 heavy (non-hydrogen) atoms. The molecule has 0 unspecified atom stereocenters. The van der Waals surface area contributed by atoms with Gasteiger partial charge in [0.15, 0.2) is 0 Å². The van der Waals surface area contributed by atoms with Gasteiger partial charge in [-0.2, -0.15) is 5.06 Å². The minimum Gasteiger partial charge on any atom is -0.508 e. The number of hydroxylamine groups is 2. The highest BCUT2D eigenvalue weighted by Gasteiger charge is 2.70. The van der Waals surface area contributed by atoms with Gasteiger partial charge in [0.05, 0.1) is 28.9 Å². The molecule has 0 radical (unpaired) electrons. The minimum atomic E-state index is -1.53. The summed E-state index contributed by atoms with van der Waals surface area (Å²) in [6.45, 7) is 0. The van der Waals surface area contributed by atoms with Crippen molar-refractivity contribution in [2.24, 2.45) is 23.7 Å². The predicted molar refractivity (Wildman–Crippen MR) is 153 cm³/mol. The molecule has 3 aromatic rings. The third kappa shape index (κ3) is 3.52. The molecule has 8 nitrogen and oxygen atoms in total. The Morgan fingerprint density at radius 2 is 1.55 bits per heavy atom. The van der Waals surface area contributed by atoms with Crippen molar-refractivity contribution in [1.82, 2.24) is 5.06 Å². The van der Waals surface area contributed by atoms with Gasteiger partial charge in [0.25, 0.3) is 11.8 Å². The van der Waals surface area contributed by atoms with Crippen LogP contribution in [0.2, 0.25) is 10.0 Å². The standard InChI is InChI=1S/C32H24Cl2N2O6/c33-17-7-4-8-19(13-17)35-29(39)24-15-22-20(10-11-21-26(22)30(40)36(42)28(21)38)27(23-14-18(34)9-12-25(23)37)32(24,31(35)41)16-5-2-1-3-6-16/h1-10,12-14,21-22,24,26-27,37,42H,11,15H2/t21-,22+,24-,26-,27+,32+/m0/s1. The Labute approximate surface area is 250 Å². The Morgan fingerprint density at radius 1 is 0.810 bits per heavy atom. The van der Waals surface area contributed by atoms with E-state index in [0.29, 0.717) is 32.4 Å². The lowest BCUT2D eigenvalue weighted by molar-refractivity contribution is -0.173. The second-order valence-electron chi connectivity index (χ2n) is 11.3. The third-order valence-electron chi connectivity index (χ3n) is 9.44. The van der Waals surface area contributed by atoms with Gasteiger partial charge in [0.2, 0.25) is 11.8 Å². The number of carbonyl (C=O) groups is 4. The van der Waals surface area contributed by atoms with Crippen molar-refractivity contribution in [2.45, 2.75) is 24.2 Å². The minimum absolute atomic E-state index is 0.0776. The second-order valence-corrected chi connectivity index (χ2v) is 12.2. The normalized spacial score (nSPS) is 30.3. The van der Waals surface area contributed by atoms with Crippen molar-refractivity contribution in [3.05, 3.63) is 106 Å². The highest BCUT2D eigenvalue weighted by Crippen LogP contribution is 2.65. The fraction of sp³-hybridized carbons (Fsp3) is 0.250. The molecule has 212 valence electrons. The number of carbonyl (C=O) groups excluding carboxylic acids is 4. The highest BCUT2D eigenvalue weighted by molar-refractivity contribution is 6.32. The zero-order chi connectivity index (χ0) is 29.5. The van der Waals surface area contributed by atoms with E-state index in [1.807, 2.05) is 12.1 Å². The number of allylic oxidation sites excluding steroid dienone is 2. The number of hydrogen-bond acceptors (Lipinski definition) is 6. The van der Waals surface area contributed by atoms with Crippen LogP contribution in [0.4, 0.5) is 5.69 Å². The average molecular weight is 603 g/mol. The van der Waals surface area contributed by atoms with Crippen LogP contribution in [0.5, 0.6) is 5.75 Å². The van der Waals surface area contributed by atoms with Gasteiger partial charge in [-0.3, -0.25) is 24.4 Å². The van der Waals surface area contributed by atoms with Gasteiger partial charge in [-0.05, 0) is 60.7 Å². The number of imide groups is 2. The van der Waals surface area contributed by atoms with E-state index in [1.54, 1.807) is 54.6 Å². The number of anilines is 1. The van der Waals surface area contributed by atoms with Crippen LogP contribution >= 0.6 is 23.2 Å². The van der Waals surface area contributed by atoms with Crippen LogP contribution in [0.3, 0.4) is 0 Å². The van der Waals surface area contributed by atoms with Crippen LogP contribution in [0.1, 0.15) is 29.9 Å². The number of nitrogens with zero attached hydrogens (tertiary/aromatic N) is 2. The number of benzene rings is 3. The Kier molecular flexibility index (Phi) is 6.10. The van der Waals surface area contributed by atoms with Gasteiger partial charge in [0, 0.05) is 21.5 Å². The molecular formula is C32H24Cl2N2O6. The summed E-state index contributed by atoms with van der Waals surface area (Å²) in [4.78, 5) is 56.7. The SMILES string of the molecule is O=C1[C@H]2[C@H](CC=C3[C@H]2C[C@H]2C(=O)N(c4cccc(Cl)c4)C(=O)[C@@]2(c2ccccc2)[C@H]3c2cc(Cl)ccc2O)C(=O)N1O. The molecule has 0 spiro atoms. The molecule has 2 N–H and O–H groups in total. The molecule has 7 rings (SSSR count). The molecule has 0 bridgehead atoms. The molecule has 3 fully saturated rings. The Balaban J connectivity index is 1.54. The lowest BCUT2D eigenvalue weighted by atomic mass is 9.49. The first-order valence-electron chi connectivity index (χ1n) is 13.6. The largest absolute Gasteiger partial charge is 0.508 e. The lowest BCUT2D eigenvalue weighted by Gasteiger charge is -2.50. The van der Waals surface area contributed by atoms with Crippen LogP contribution < -0.4 is 4.90 Å². The molecule has 10 heteroatoms. The van der Waals surface area contributed by atoms with E-state index in [-0.39, 0.29) is 23.7 Å². The smallest absolute Gasteiger partial charge is 0.257 e. The molecule has 2 heterocycles. The van der Waals surface area contributed by atoms with Gasteiger partial charge in [-0.15, -0.1) is 0 Å². The van der Waals surface area contributed by atoms with Gasteiger partial charge in [0.1, 0.15) is 5.75 Å². The molecule has 2 aliphatic heterocycles. The number of rotatable bonds is 3. The fourth-order valence-corrected chi connectivity index (χ4v) is 8.19. The van der Waals surface area contributed by atoms with Crippen LogP contribution in [-0.2, 0) is 24.6 Å². The zero-order valence-corrected chi connectivity index (χ0v) is 23.5. The number of fused-ring (bicyclic) bond motifs is 4. The number of halogens is 2. The molecule has 2 aliphatic carbocycles. The molecule has 4 amide bonds. The summed E-state index contributed by atoms with van der Waals surface area (Å²) in [6, 6.07) is 20.0. The first-order valence-corrected chi connectivity index (χ1v) is 14.4. The lowest BCUT2D eigenvalue weighted by Crippen LogP contribution is -2.53. The van der Waals surface area contributed by atoms with Crippen LogP contribution in [0, 0.1) is 23.7 Å². The maximum atomic E-state index is 15.0. The second kappa shape index (κ2) is 9.52. The van der Waals surface area contributed by atoms with Gasteiger partial charge in [-0.25, -0.2) is 4.90 Å². The predicted octanol–water partition coefficient (Wildman–Crippen LogP) is 5.25. The van der Waals surface area contributed by atoms with E-state index < -0.39 is 58.6 Å². The van der Waals surface area contributed by atoms with E-state index in [9.17, 15) is 29.5 Å². The molecule has 0 aromatic heterocycles. The molecule has 4 aliphatic rings. The van der Waals surface area contributed by atoms with Crippen molar-refractivity contribution in [1.29, 1.82) is 0 Å². The molecule has 3 aromatic carbocycles. The molecule has 2 saturated heterocycles. The Bertz CT molecular complexity index is 1720.